The molecular weight excluding hydrogens is 514 g/mol. The zero-order chi connectivity index (χ0) is 27.9. The number of carbonyl (C=O) groups is 1. The van der Waals surface area contributed by atoms with Gasteiger partial charge in [-0.3, -0.25) is 9.88 Å². The fourth-order valence-electron chi connectivity index (χ4n) is 5.34. The Hall–Kier alpha value is -3.18. The molecule has 1 amide bonds. The highest BCUT2D eigenvalue weighted by Crippen LogP contribution is 2.40. The van der Waals surface area contributed by atoms with E-state index in [-0.39, 0.29) is 0 Å². The summed E-state index contributed by atoms with van der Waals surface area (Å²) in [5.41, 5.74) is 6.51. The molecule has 0 aromatic carbocycles. The van der Waals surface area contributed by atoms with Crippen LogP contribution in [-0.2, 0) is 18.7 Å². The van der Waals surface area contributed by atoms with Crippen LogP contribution in [0.4, 0.5) is 4.79 Å². The number of nitrogens with zero attached hydrogens (tertiary/aromatic N) is 6. The second kappa shape index (κ2) is 10.8. The van der Waals surface area contributed by atoms with Crippen molar-refractivity contribution in [3.05, 3.63) is 45.9 Å². The number of amidine groups is 1. The van der Waals surface area contributed by atoms with Crippen molar-refractivity contribution in [2.75, 3.05) is 13.7 Å². The zero-order valence-electron chi connectivity index (χ0n) is 23.5. The number of carboxylic acid groups (broad SMARTS) is 1. The number of aryl methyl sites for hydroxylation is 1. The fourth-order valence-corrected chi connectivity index (χ4v) is 6.15. The SMILES string of the molecule is COc1c(C)cnc(Cn2nc3cc(CCNC4CCC4)c4c-3c(n2)C(N(C(=O)O)C(C)(C)C)=NSC4)c1C. The molecule has 0 saturated heterocycles. The van der Waals surface area contributed by atoms with Crippen LogP contribution in [0.5, 0.6) is 5.75 Å². The lowest BCUT2D eigenvalue weighted by molar-refractivity contribution is 0.141. The van der Waals surface area contributed by atoms with Gasteiger partial charge in [0.1, 0.15) is 18.0 Å². The molecule has 0 radical (unpaired) electrons. The van der Waals surface area contributed by atoms with Gasteiger partial charge in [0.15, 0.2) is 5.84 Å². The quantitative estimate of drug-likeness (QED) is 0.401. The highest BCUT2D eigenvalue weighted by atomic mass is 32.2. The molecule has 2 aliphatic carbocycles. The van der Waals surface area contributed by atoms with Crippen molar-refractivity contribution in [2.24, 2.45) is 4.40 Å². The van der Waals surface area contributed by atoms with Gasteiger partial charge in [0.2, 0.25) is 0 Å². The van der Waals surface area contributed by atoms with Crippen molar-refractivity contribution in [1.29, 1.82) is 0 Å². The smallest absolute Gasteiger partial charge is 0.413 e. The van der Waals surface area contributed by atoms with E-state index in [0.717, 1.165) is 52.4 Å². The van der Waals surface area contributed by atoms with Gasteiger partial charge in [-0.1, -0.05) is 6.42 Å². The maximum absolute atomic E-state index is 12.5. The zero-order valence-corrected chi connectivity index (χ0v) is 24.4. The summed E-state index contributed by atoms with van der Waals surface area (Å²) in [6.07, 6.45) is 5.38. The van der Waals surface area contributed by atoms with Gasteiger partial charge in [0.25, 0.3) is 0 Å². The van der Waals surface area contributed by atoms with E-state index in [4.69, 9.17) is 19.3 Å². The Labute approximate surface area is 233 Å². The molecule has 0 atom stereocenters. The monoisotopic (exact) mass is 551 g/mol. The molecule has 1 aromatic heterocycles. The van der Waals surface area contributed by atoms with E-state index in [1.807, 2.05) is 34.6 Å². The molecule has 10 nitrogen and oxygen atoms in total. The third-order valence-corrected chi connectivity index (χ3v) is 8.27. The third kappa shape index (κ3) is 5.34. The Balaban J connectivity index is 1.61. The van der Waals surface area contributed by atoms with Crippen molar-refractivity contribution in [3.8, 4) is 17.0 Å². The van der Waals surface area contributed by atoms with Crippen molar-refractivity contribution in [2.45, 2.75) is 84.2 Å². The van der Waals surface area contributed by atoms with Crippen molar-refractivity contribution in [3.63, 3.8) is 0 Å². The van der Waals surface area contributed by atoms with E-state index in [2.05, 4.69) is 16.4 Å². The number of rotatable bonds is 7. The number of hydrogen-bond donors (Lipinski definition) is 2. The van der Waals surface area contributed by atoms with Crippen LogP contribution < -0.4 is 10.1 Å². The minimum Gasteiger partial charge on any atom is -0.496 e. The average Bonchev–Trinajstić information content (AvgIpc) is 3.06. The van der Waals surface area contributed by atoms with E-state index in [1.165, 1.54) is 41.7 Å². The maximum atomic E-state index is 12.5. The van der Waals surface area contributed by atoms with Gasteiger partial charge in [-0.25, -0.2) is 4.79 Å². The first kappa shape index (κ1) is 27.4. The van der Waals surface area contributed by atoms with Crippen molar-refractivity contribution >= 4 is 23.9 Å². The highest BCUT2D eigenvalue weighted by Gasteiger charge is 2.37. The topological polar surface area (TPSA) is 118 Å². The Morgan fingerprint density at radius 1 is 1.28 bits per heavy atom. The molecule has 5 rings (SSSR count). The molecule has 1 fully saturated rings. The average molecular weight is 552 g/mol. The van der Waals surface area contributed by atoms with Gasteiger partial charge < -0.3 is 15.2 Å². The predicted octanol–water partition coefficient (Wildman–Crippen LogP) is 4.82. The second-order valence-corrected chi connectivity index (χ2v) is 12.1. The molecule has 2 N–H and O–H groups in total. The summed E-state index contributed by atoms with van der Waals surface area (Å²) in [5.74, 6) is 1.76. The Bertz CT molecular complexity index is 1390. The number of pyridine rings is 1. The maximum Gasteiger partial charge on any atom is 0.413 e. The van der Waals surface area contributed by atoms with E-state index in [0.29, 0.717) is 29.9 Å². The largest absolute Gasteiger partial charge is 0.496 e. The third-order valence-electron chi connectivity index (χ3n) is 7.55. The van der Waals surface area contributed by atoms with Gasteiger partial charge in [-0.05, 0) is 89.6 Å². The lowest BCUT2D eigenvalue weighted by Gasteiger charge is -2.33. The number of ether oxygens (including phenoxy) is 1. The molecule has 39 heavy (non-hydrogen) atoms. The first-order valence-electron chi connectivity index (χ1n) is 13.4. The Morgan fingerprint density at radius 2 is 2.05 bits per heavy atom. The first-order valence-corrected chi connectivity index (χ1v) is 14.4. The summed E-state index contributed by atoms with van der Waals surface area (Å²) in [6, 6.07) is 2.75. The van der Waals surface area contributed by atoms with Gasteiger partial charge >= 0.3 is 6.09 Å². The van der Waals surface area contributed by atoms with Crippen LogP contribution in [0, 0.1) is 13.8 Å². The Kier molecular flexibility index (Phi) is 7.56. The minimum absolute atomic E-state index is 0.313. The molecule has 2 aliphatic heterocycles. The van der Waals surface area contributed by atoms with Crippen molar-refractivity contribution < 1.29 is 14.6 Å². The molecule has 0 unspecified atom stereocenters. The van der Waals surface area contributed by atoms with E-state index >= 15 is 0 Å². The standard InChI is InChI=1S/C28H37N7O3S/c1-16-13-30-22(17(2)25(16)38-6)14-34-31-21-12-18(10-11-29-19-8-7-9-19)20-15-39-33-26(24(32-34)23(20)21)35(27(36)37)28(3,4)5/h12-13,19,29H,7-11,14-15H2,1-6H3,(H,36,37). The van der Waals surface area contributed by atoms with Gasteiger partial charge in [0, 0.05) is 40.2 Å². The molecule has 0 bridgehead atoms. The molecule has 0 spiro atoms. The van der Waals surface area contributed by atoms with E-state index in [9.17, 15) is 9.90 Å². The highest BCUT2D eigenvalue weighted by molar-refractivity contribution is 7.97. The fraction of sp³-hybridized carbons (Fsp3) is 0.536. The molecule has 4 aliphatic rings. The molecule has 3 heterocycles. The molecule has 208 valence electrons. The summed E-state index contributed by atoms with van der Waals surface area (Å²) >= 11 is 1.37. The molecule has 1 saturated carbocycles. The summed E-state index contributed by atoms with van der Waals surface area (Å²) in [4.78, 5) is 20.1. The van der Waals surface area contributed by atoms with Gasteiger partial charge in [-0.15, -0.1) is 0 Å². The summed E-state index contributed by atoms with van der Waals surface area (Å²) < 4.78 is 10.3. The van der Waals surface area contributed by atoms with Crippen molar-refractivity contribution in [1.82, 2.24) is 30.2 Å². The molecule has 1 aromatic rings. The van der Waals surface area contributed by atoms with Crippen LogP contribution in [0.2, 0.25) is 0 Å². The van der Waals surface area contributed by atoms with Gasteiger partial charge in [-0.2, -0.15) is 19.4 Å². The lowest BCUT2D eigenvalue weighted by atomic mass is 9.93. The van der Waals surface area contributed by atoms with Crippen LogP contribution in [0.25, 0.3) is 11.3 Å². The predicted molar refractivity (Wildman–Crippen MR) is 153 cm³/mol. The summed E-state index contributed by atoms with van der Waals surface area (Å²) in [7, 11) is 1.66. The van der Waals surface area contributed by atoms with Gasteiger partial charge in [0.05, 0.1) is 18.5 Å². The second-order valence-electron chi connectivity index (χ2n) is 11.3. The normalized spacial score (nSPS) is 15.6. The summed E-state index contributed by atoms with van der Waals surface area (Å²) in [5, 5.41) is 23.7. The molecule has 11 heteroatoms. The van der Waals surface area contributed by atoms with Crippen LogP contribution in [0.15, 0.2) is 16.7 Å². The number of amides is 1. The van der Waals surface area contributed by atoms with Crippen LogP contribution in [0.1, 0.15) is 73.7 Å². The Morgan fingerprint density at radius 3 is 2.69 bits per heavy atom. The number of methoxy groups -OCH3 is 1. The number of hydrogen-bond acceptors (Lipinski definition) is 8. The minimum atomic E-state index is -1.07. The first-order chi connectivity index (χ1) is 18.6. The van der Waals surface area contributed by atoms with E-state index < -0.39 is 11.6 Å². The number of nitrogens with one attached hydrogen (secondary N) is 1. The van der Waals surface area contributed by atoms with Crippen LogP contribution in [-0.4, -0.2) is 67.1 Å². The van der Waals surface area contributed by atoms with Crippen LogP contribution in [0.3, 0.4) is 0 Å². The van der Waals surface area contributed by atoms with Crippen LogP contribution >= 0.6 is 11.9 Å². The van der Waals surface area contributed by atoms with E-state index in [1.54, 1.807) is 18.1 Å². The lowest BCUT2D eigenvalue weighted by Crippen LogP contribution is -2.49. The molecular formula is C28H37N7O3S. The summed E-state index contributed by atoms with van der Waals surface area (Å²) in [6.45, 7) is 10.7. The number of aromatic nitrogens is 4.